The molecule has 0 bridgehead atoms. The summed E-state index contributed by atoms with van der Waals surface area (Å²) in [5, 5.41) is 11.8. The van der Waals surface area contributed by atoms with E-state index >= 15 is 0 Å². The molecular weight excluding hydrogens is 404 g/mol. The van der Waals surface area contributed by atoms with Crippen LogP contribution in [0.2, 0.25) is 0 Å². The van der Waals surface area contributed by atoms with E-state index in [1.807, 2.05) is 48.5 Å². The summed E-state index contributed by atoms with van der Waals surface area (Å²) in [5.41, 5.74) is 2.68. The SMILES string of the molecule is O=C(NC1CC2(C1)CC(c1n[nH]c(=O)c3ccccc13)C2)c1ccc(-c2cnco2)cc1. The molecule has 2 heterocycles. The van der Waals surface area contributed by atoms with E-state index in [-0.39, 0.29) is 22.9 Å². The fourth-order valence-corrected chi connectivity index (χ4v) is 5.46. The Morgan fingerprint density at radius 1 is 1.03 bits per heavy atom. The maximum atomic E-state index is 12.6. The van der Waals surface area contributed by atoms with Crippen LogP contribution in [0.15, 0.2) is 70.3 Å². The van der Waals surface area contributed by atoms with Gasteiger partial charge >= 0.3 is 0 Å². The lowest BCUT2D eigenvalue weighted by Gasteiger charge is -2.57. The standard InChI is InChI=1S/C25H22N4O3/c30-23(16-7-5-15(6-8-16)21-13-26-14-32-21)27-18-11-25(12-18)9-17(10-25)22-19-3-1-2-4-20(19)24(31)29-28-22/h1-8,13-14,17-18H,9-12H2,(H,27,30)(H,29,31). The smallest absolute Gasteiger partial charge is 0.272 e. The van der Waals surface area contributed by atoms with Gasteiger partial charge in [0.15, 0.2) is 12.2 Å². The lowest BCUT2D eigenvalue weighted by molar-refractivity contribution is -0.0196. The Labute approximate surface area is 183 Å². The number of aromatic amines is 1. The summed E-state index contributed by atoms with van der Waals surface area (Å²) in [6, 6.07) is 15.2. The number of hydrogen-bond donors (Lipinski definition) is 2. The number of carbonyl (C=O) groups excluding carboxylic acids is 1. The minimum absolute atomic E-state index is 0.0434. The number of carbonyl (C=O) groups is 1. The molecule has 0 saturated heterocycles. The summed E-state index contributed by atoms with van der Waals surface area (Å²) >= 11 is 0. The Balaban J connectivity index is 1.07. The normalized spacial score (nSPS) is 24.1. The molecule has 2 N–H and O–H groups in total. The van der Waals surface area contributed by atoms with Gasteiger partial charge in [-0.15, -0.1) is 0 Å². The predicted molar refractivity (Wildman–Crippen MR) is 119 cm³/mol. The van der Waals surface area contributed by atoms with Crippen LogP contribution in [0.25, 0.3) is 22.1 Å². The maximum Gasteiger partial charge on any atom is 0.272 e. The maximum absolute atomic E-state index is 12.6. The molecule has 6 rings (SSSR count). The van der Waals surface area contributed by atoms with E-state index < -0.39 is 0 Å². The monoisotopic (exact) mass is 426 g/mol. The van der Waals surface area contributed by atoms with Crippen molar-refractivity contribution in [3.63, 3.8) is 0 Å². The van der Waals surface area contributed by atoms with Gasteiger partial charge in [-0.25, -0.2) is 10.1 Å². The van der Waals surface area contributed by atoms with Crippen LogP contribution in [-0.4, -0.2) is 27.1 Å². The average molecular weight is 426 g/mol. The van der Waals surface area contributed by atoms with E-state index in [0.717, 1.165) is 42.3 Å². The molecule has 0 unspecified atom stereocenters. The quantitative estimate of drug-likeness (QED) is 0.513. The topological polar surface area (TPSA) is 101 Å². The van der Waals surface area contributed by atoms with Crippen molar-refractivity contribution >= 4 is 16.7 Å². The molecule has 160 valence electrons. The van der Waals surface area contributed by atoms with Crippen molar-refractivity contribution in [3.8, 4) is 11.3 Å². The molecule has 0 aliphatic heterocycles. The molecule has 2 fully saturated rings. The van der Waals surface area contributed by atoms with Crippen molar-refractivity contribution in [1.82, 2.24) is 20.5 Å². The molecule has 2 aromatic carbocycles. The van der Waals surface area contributed by atoms with Crippen molar-refractivity contribution < 1.29 is 9.21 Å². The number of hydrogen-bond acceptors (Lipinski definition) is 5. The van der Waals surface area contributed by atoms with Crippen LogP contribution in [0.4, 0.5) is 0 Å². The zero-order valence-corrected chi connectivity index (χ0v) is 17.4. The van der Waals surface area contributed by atoms with E-state index in [2.05, 4.69) is 20.5 Å². The van der Waals surface area contributed by atoms with Gasteiger partial charge in [0.25, 0.3) is 11.5 Å². The fourth-order valence-electron chi connectivity index (χ4n) is 5.46. The minimum atomic E-state index is -0.140. The number of nitrogens with one attached hydrogen (secondary N) is 2. The lowest BCUT2D eigenvalue weighted by Crippen LogP contribution is -2.55. The first-order valence-corrected chi connectivity index (χ1v) is 10.9. The highest BCUT2D eigenvalue weighted by molar-refractivity contribution is 5.94. The Hall–Kier alpha value is -3.74. The number of rotatable bonds is 4. The second-order valence-electron chi connectivity index (χ2n) is 9.11. The van der Waals surface area contributed by atoms with E-state index in [4.69, 9.17) is 4.42 Å². The average Bonchev–Trinajstić information content (AvgIpc) is 3.30. The van der Waals surface area contributed by atoms with Crippen molar-refractivity contribution in [3.05, 3.63) is 82.7 Å². The van der Waals surface area contributed by atoms with Gasteiger partial charge in [-0.2, -0.15) is 5.10 Å². The molecule has 0 radical (unpaired) electrons. The highest BCUT2D eigenvalue weighted by Crippen LogP contribution is 2.62. The molecule has 1 amide bonds. The van der Waals surface area contributed by atoms with Gasteiger partial charge < -0.3 is 9.73 Å². The summed E-state index contributed by atoms with van der Waals surface area (Å²) in [5.74, 6) is 0.998. The van der Waals surface area contributed by atoms with Crippen molar-refractivity contribution in [2.45, 2.75) is 37.6 Å². The van der Waals surface area contributed by atoms with Crippen LogP contribution in [0.1, 0.15) is 47.7 Å². The van der Waals surface area contributed by atoms with E-state index in [1.54, 1.807) is 6.20 Å². The van der Waals surface area contributed by atoms with Crippen LogP contribution >= 0.6 is 0 Å². The first-order chi connectivity index (χ1) is 15.6. The number of fused-ring (bicyclic) bond motifs is 1. The second kappa shape index (κ2) is 7.15. The van der Waals surface area contributed by atoms with Gasteiger partial charge in [0, 0.05) is 28.5 Å². The summed E-state index contributed by atoms with van der Waals surface area (Å²) in [7, 11) is 0. The molecule has 32 heavy (non-hydrogen) atoms. The molecule has 7 heteroatoms. The molecule has 0 atom stereocenters. The Bertz CT molecular complexity index is 1340. The van der Waals surface area contributed by atoms with Gasteiger partial charge in [0.2, 0.25) is 0 Å². The number of oxazole rings is 1. The van der Waals surface area contributed by atoms with Crippen molar-refractivity contribution in [2.75, 3.05) is 0 Å². The Kier molecular flexibility index (Phi) is 4.24. The number of aromatic nitrogens is 3. The molecule has 2 aliphatic carbocycles. The number of nitrogens with zero attached hydrogens (tertiary/aromatic N) is 2. The van der Waals surface area contributed by atoms with Crippen molar-refractivity contribution in [2.24, 2.45) is 5.41 Å². The highest BCUT2D eigenvalue weighted by atomic mass is 16.3. The van der Waals surface area contributed by atoms with Crippen LogP contribution in [0, 0.1) is 5.41 Å². The predicted octanol–water partition coefficient (Wildman–Crippen LogP) is 4.03. The van der Waals surface area contributed by atoms with Gasteiger partial charge in [-0.3, -0.25) is 9.59 Å². The zero-order valence-electron chi connectivity index (χ0n) is 17.4. The molecule has 2 aromatic heterocycles. The summed E-state index contributed by atoms with van der Waals surface area (Å²) in [6.07, 6.45) is 7.13. The molecule has 7 nitrogen and oxygen atoms in total. The van der Waals surface area contributed by atoms with Gasteiger partial charge in [-0.05, 0) is 49.3 Å². The van der Waals surface area contributed by atoms with Gasteiger partial charge in [-0.1, -0.05) is 30.3 Å². The molecule has 2 saturated carbocycles. The fraction of sp³-hybridized carbons (Fsp3) is 0.280. The van der Waals surface area contributed by atoms with Crippen molar-refractivity contribution in [1.29, 1.82) is 0 Å². The van der Waals surface area contributed by atoms with Gasteiger partial charge in [0.05, 0.1) is 17.3 Å². The molecule has 1 spiro atoms. The third-order valence-corrected chi connectivity index (χ3v) is 7.03. The molecular formula is C25H22N4O3. The van der Waals surface area contributed by atoms with E-state index in [9.17, 15) is 9.59 Å². The zero-order chi connectivity index (χ0) is 21.7. The lowest BCUT2D eigenvalue weighted by atomic mass is 9.49. The first-order valence-electron chi connectivity index (χ1n) is 10.9. The molecule has 2 aliphatic rings. The minimum Gasteiger partial charge on any atom is -0.444 e. The third-order valence-electron chi connectivity index (χ3n) is 7.03. The van der Waals surface area contributed by atoms with Crippen LogP contribution < -0.4 is 10.9 Å². The summed E-state index contributed by atoms with van der Waals surface area (Å²) < 4.78 is 5.29. The number of amides is 1. The summed E-state index contributed by atoms with van der Waals surface area (Å²) in [4.78, 5) is 28.6. The summed E-state index contributed by atoms with van der Waals surface area (Å²) in [6.45, 7) is 0. The number of benzene rings is 2. The third kappa shape index (κ3) is 3.12. The van der Waals surface area contributed by atoms with E-state index in [1.165, 1.54) is 6.39 Å². The highest BCUT2D eigenvalue weighted by Gasteiger charge is 2.54. The molecule has 4 aromatic rings. The van der Waals surface area contributed by atoms with Crippen LogP contribution in [0.5, 0.6) is 0 Å². The second-order valence-corrected chi connectivity index (χ2v) is 9.11. The van der Waals surface area contributed by atoms with Gasteiger partial charge in [0.1, 0.15) is 0 Å². The first kappa shape index (κ1) is 19.0. The Morgan fingerprint density at radius 3 is 2.50 bits per heavy atom. The Morgan fingerprint density at radius 2 is 1.78 bits per heavy atom. The largest absolute Gasteiger partial charge is 0.444 e. The van der Waals surface area contributed by atoms with Crippen LogP contribution in [0.3, 0.4) is 0 Å². The van der Waals surface area contributed by atoms with Crippen LogP contribution in [-0.2, 0) is 0 Å². The number of H-pyrrole nitrogens is 1. The van der Waals surface area contributed by atoms with E-state index in [0.29, 0.717) is 22.6 Å².